The molecule has 5 nitrogen and oxygen atoms in total. The third-order valence-electron chi connectivity index (χ3n) is 5.23. The Kier molecular flexibility index (Phi) is 5.88. The number of hydrogen-bond acceptors (Lipinski definition) is 4. The van der Waals surface area contributed by atoms with Crippen molar-refractivity contribution in [3.8, 4) is 0 Å². The third kappa shape index (κ3) is 4.81. The van der Waals surface area contributed by atoms with Gasteiger partial charge in [0.25, 0.3) is 5.91 Å². The molecule has 1 fully saturated rings. The van der Waals surface area contributed by atoms with E-state index in [1.807, 2.05) is 13.0 Å². The van der Waals surface area contributed by atoms with Gasteiger partial charge >= 0.3 is 0 Å². The van der Waals surface area contributed by atoms with E-state index in [-0.39, 0.29) is 5.91 Å². The molecule has 1 atom stereocenters. The summed E-state index contributed by atoms with van der Waals surface area (Å²) in [5.41, 5.74) is 3.19. The Balaban J connectivity index is 1.40. The minimum absolute atomic E-state index is 0.214. The average Bonchev–Trinajstić information content (AvgIpc) is 3.19. The lowest BCUT2D eigenvalue weighted by molar-refractivity contribution is 0.102. The summed E-state index contributed by atoms with van der Waals surface area (Å²) in [6, 6.07) is 17.5. The Labute approximate surface area is 175 Å². The number of nitrogens with one attached hydrogen (secondary N) is 1. The van der Waals surface area contributed by atoms with Gasteiger partial charge in [0.05, 0.1) is 11.3 Å². The van der Waals surface area contributed by atoms with E-state index in [2.05, 4.69) is 44.5 Å². The number of anilines is 1. The Morgan fingerprint density at radius 2 is 1.93 bits per heavy atom. The quantitative estimate of drug-likeness (QED) is 0.668. The number of benzene rings is 2. The smallest absolute Gasteiger partial charge is 0.259 e. The van der Waals surface area contributed by atoms with Crippen molar-refractivity contribution in [2.45, 2.75) is 25.8 Å². The molecule has 29 heavy (non-hydrogen) atoms. The lowest BCUT2D eigenvalue weighted by atomic mass is 10.1. The zero-order valence-corrected chi connectivity index (χ0v) is 17.1. The van der Waals surface area contributed by atoms with Crippen molar-refractivity contribution in [1.29, 1.82) is 0 Å². The first-order valence-electron chi connectivity index (χ1n) is 9.75. The number of halogens is 1. The zero-order valence-electron chi connectivity index (χ0n) is 16.3. The van der Waals surface area contributed by atoms with Crippen LogP contribution < -0.4 is 5.32 Å². The molecule has 2 heterocycles. The van der Waals surface area contributed by atoms with Crippen LogP contribution >= 0.6 is 11.6 Å². The van der Waals surface area contributed by atoms with Crippen molar-refractivity contribution >= 4 is 23.2 Å². The highest BCUT2D eigenvalue weighted by Crippen LogP contribution is 2.26. The predicted molar refractivity (Wildman–Crippen MR) is 115 cm³/mol. The van der Waals surface area contributed by atoms with Gasteiger partial charge in [-0.1, -0.05) is 41.9 Å². The maximum absolute atomic E-state index is 12.6. The molecule has 2 aromatic carbocycles. The fourth-order valence-corrected chi connectivity index (χ4v) is 3.79. The van der Waals surface area contributed by atoms with Crippen molar-refractivity contribution in [3.05, 3.63) is 88.5 Å². The molecule has 4 rings (SSSR count). The van der Waals surface area contributed by atoms with Crippen LogP contribution in [-0.4, -0.2) is 33.9 Å². The first kappa shape index (κ1) is 19.6. The molecule has 0 radical (unpaired) electrons. The highest BCUT2D eigenvalue weighted by Gasteiger charge is 2.26. The molecule has 1 N–H and O–H groups in total. The van der Waals surface area contributed by atoms with Crippen LogP contribution in [0.15, 0.2) is 60.8 Å². The fraction of sp³-hybridized carbons (Fsp3) is 0.261. The van der Waals surface area contributed by atoms with Crippen LogP contribution in [0.4, 0.5) is 5.69 Å². The summed E-state index contributed by atoms with van der Waals surface area (Å²) >= 11 is 5.89. The van der Waals surface area contributed by atoms with Gasteiger partial charge in [0.1, 0.15) is 5.82 Å². The van der Waals surface area contributed by atoms with Crippen LogP contribution in [-0.2, 0) is 6.54 Å². The number of amides is 1. The first-order valence-corrected chi connectivity index (χ1v) is 10.1. The molecule has 0 unspecified atom stereocenters. The average molecular weight is 407 g/mol. The molecular formula is C23H23ClN4O. The number of likely N-dealkylation sites (tertiary alicyclic amines) is 1. The molecule has 3 aromatic rings. The van der Waals surface area contributed by atoms with E-state index in [9.17, 15) is 4.79 Å². The third-order valence-corrected chi connectivity index (χ3v) is 5.48. The zero-order chi connectivity index (χ0) is 20.2. The van der Waals surface area contributed by atoms with Crippen LogP contribution in [0.5, 0.6) is 0 Å². The van der Waals surface area contributed by atoms with E-state index < -0.39 is 0 Å². The molecule has 1 aliphatic heterocycles. The molecule has 1 aromatic heterocycles. The van der Waals surface area contributed by atoms with Gasteiger partial charge in [0.2, 0.25) is 0 Å². The summed E-state index contributed by atoms with van der Waals surface area (Å²) in [7, 11) is 0. The highest BCUT2D eigenvalue weighted by molar-refractivity contribution is 6.30. The van der Waals surface area contributed by atoms with Gasteiger partial charge in [0.15, 0.2) is 0 Å². The number of aromatic nitrogens is 2. The SMILES string of the molecule is Cc1nc([C@H]2CCN(Cc3ccccc3)C2)ncc1C(=O)Nc1ccc(Cl)cc1. The Morgan fingerprint density at radius 3 is 2.66 bits per heavy atom. The number of hydrogen-bond donors (Lipinski definition) is 1. The number of carbonyl (C=O) groups is 1. The minimum atomic E-state index is -0.214. The second kappa shape index (κ2) is 8.72. The van der Waals surface area contributed by atoms with E-state index >= 15 is 0 Å². The largest absolute Gasteiger partial charge is 0.322 e. The molecule has 148 valence electrons. The molecular weight excluding hydrogens is 384 g/mol. The van der Waals surface area contributed by atoms with Crippen LogP contribution in [0.1, 0.15) is 39.8 Å². The van der Waals surface area contributed by atoms with Gasteiger partial charge in [-0.2, -0.15) is 0 Å². The topological polar surface area (TPSA) is 58.1 Å². The molecule has 1 saturated heterocycles. The van der Waals surface area contributed by atoms with E-state index in [1.54, 1.807) is 30.5 Å². The molecule has 0 spiro atoms. The van der Waals surface area contributed by atoms with Crippen LogP contribution in [0.3, 0.4) is 0 Å². The van der Waals surface area contributed by atoms with Gasteiger partial charge in [-0.3, -0.25) is 9.69 Å². The fourth-order valence-electron chi connectivity index (χ4n) is 3.66. The normalized spacial score (nSPS) is 16.7. The standard InChI is InChI=1S/C23H23ClN4O/c1-16-21(23(29)27-20-9-7-19(24)8-10-20)13-25-22(26-16)18-11-12-28(15-18)14-17-5-3-2-4-6-17/h2-10,13,18H,11-12,14-15H2,1H3,(H,27,29)/t18-/m0/s1. The summed E-state index contributed by atoms with van der Waals surface area (Å²) in [6.07, 6.45) is 2.67. The Bertz CT molecular complexity index is 992. The van der Waals surface area contributed by atoms with Crippen LogP contribution in [0, 0.1) is 6.92 Å². The Hall–Kier alpha value is -2.76. The predicted octanol–water partition coefficient (Wildman–Crippen LogP) is 4.68. The molecule has 0 bridgehead atoms. The lowest BCUT2D eigenvalue weighted by Crippen LogP contribution is -2.20. The van der Waals surface area contributed by atoms with Crippen molar-refractivity contribution in [3.63, 3.8) is 0 Å². The first-order chi connectivity index (χ1) is 14.1. The summed E-state index contributed by atoms with van der Waals surface area (Å²) in [4.78, 5) is 24.2. The van der Waals surface area contributed by atoms with Crippen molar-refractivity contribution in [1.82, 2.24) is 14.9 Å². The number of rotatable bonds is 5. The van der Waals surface area contributed by atoms with Gasteiger partial charge in [-0.25, -0.2) is 9.97 Å². The number of nitrogens with zero attached hydrogens (tertiary/aromatic N) is 3. The molecule has 0 saturated carbocycles. The summed E-state index contributed by atoms with van der Waals surface area (Å²) in [6.45, 7) is 4.77. The molecule has 1 amide bonds. The minimum Gasteiger partial charge on any atom is -0.322 e. The second-order valence-corrected chi connectivity index (χ2v) is 7.83. The van der Waals surface area contributed by atoms with Crippen LogP contribution in [0.2, 0.25) is 5.02 Å². The number of carbonyl (C=O) groups excluding carboxylic acids is 1. The summed E-state index contributed by atoms with van der Waals surface area (Å²) in [5, 5.41) is 3.49. The molecule has 1 aliphatic rings. The monoisotopic (exact) mass is 406 g/mol. The van der Waals surface area contributed by atoms with Crippen molar-refractivity contribution in [2.24, 2.45) is 0 Å². The maximum Gasteiger partial charge on any atom is 0.259 e. The molecule has 6 heteroatoms. The van der Waals surface area contributed by atoms with Crippen molar-refractivity contribution < 1.29 is 4.79 Å². The van der Waals surface area contributed by atoms with Gasteiger partial charge in [-0.15, -0.1) is 0 Å². The second-order valence-electron chi connectivity index (χ2n) is 7.39. The molecule has 0 aliphatic carbocycles. The summed E-state index contributed by atoms with van der Waals surface area (Å²) in [5.74, 6) is 0.903. The number of aryl methyl sites for hydroxylation is 1. The van der Waals surface area contributed by atoms with Gasteiger partial charge in [-0.05, 0) is 49.7 Å². The van der Waals surface area contributed by atoms with Gasteiger partial charge in [0, 0.05) is 35.9 Å². The van der Waals surface area contributed by atoms with Gasteiger partial charge < -0.3 is 5.32 Å². The summed E-state index contributed by atoms with van der Waals surface area (Å²) < 4.78 is 0. The van der Waals surface area contributed by atoms with E-state index in [1.165, 1.54) is 5.56 Å². The maximum atomic E-state index is 12.6. The van der Waals surface area contributed by atoms with Crippen LogP contribution in [0.25, 0.3) is 0 Å². The van der Waals surface area contributed by atoms with E-state index in [0.29, 0.717) is 27.9 Å². The van der Waals surface area contributed by atoms with E-state index in [0.717, 1.165) is 31.9 Å². The highest BCUT2D eigenvalue weighted by atomic mass is 35.5. The van der Waals surface area contributed by atoms with E-state index in [4.69, 9.17) is 11.6 Å². The van der Waals surface area contributed by atoms with Crippen molar-refractivity contribution in [2.75, 3.05) is 18.4 Å². The lowest BCUT2D eigenvalue weighted by Gasteiger charge is -2.16. The Morgan fingerprint density at radius 1 is 1.17 bits per heavy atom.